The van der Waals surface area contributed by atoms with Gasteiger partial charge in [-0.05, 0) is 43.6 Å². The highest BCUT2D eigenvalue weighted by Crippen LogP contribution is 2.20. The Morgan fingerprint density at radius 2 is 2.25 bits per heavy atom. The molecule has 1 unspecified atom stereocenters. The van der Waals surface area contributed by atoms with Crippen molar-refractivity contribution in [1.29, 1.82) is 0 Å². The Morgan fingerprint density at radius 1 is 1.35 bits per heavy atom. The summed E-state index contributed by atoms with van der Waals surface area (Å²) in [6.45, 7) is 5.13. The normalized spacial score (nSPS) is 20.6. The maximum absolute atomic E-state index is 5.67. The molecule has 108 valence electrons. The van der Waals surface area contributed by atoms with E-state index in [1.807, 2.05) is 12.3 Å². The fourth-order valence-electron chi connectivity index (χ4n) is 3.17. The van der Waals surface area contributed by atoms with E-state index in [9.17, 15) is 0 Å². The summed E-state index contributed by atoms with van der Waals surface area (Å²) in [6.07, 6.45) is 6.95. The van der Waals surface area contributed by atoms with Crippen LogP contribution in [0, 0.1) is 0 Å². The van der Waals surface area contributed by atoms with Crippen LogP contribution in [0.2, 0.25) is 0 Å². The van der Waals surface area contributed by atoms with Crippen molar-refractivity contribution < 1.29 is 0 Å². The number of piperidine rings is 1. The van der Waals surface area contributed by atoms with Crippen molar-refractivity contribution in [2.24, 2.45) is 5.73 Å². The van der Waals surface area contributed by atoms with Gasteiger partial charge in [-0.15, -0.1) is 10.2 Å². The fourth-order valence-corrected chi connectivity index (χ4v) is 3.17. The molecule has 20 heavy (non-hydrogen) atoms. The maximum atomic E-state index is 5.67. The average molecular weight is 273 g/mol. The van der Waals surface area contributed by atoms with Gasteiger partial charge in [0, 0.05) is 25.2 Å². The lowest BCUT2D eigenvalue weighted by Crippen LogP contribution is -2.40. The van der Waals surface area contributed by atoms with Crippen LogP contribution >= 0.6 is 0 Å². The number of likely N-dealkylation sites (tertiary alicyclic amines) is 1. The molecule has 1 aliphatic rings. The number of hydrogen-bond acceptors (Lipinski definition) is 4. The first-order valence-electron chi connectivity index (χ1n) is 7.58. The van der Waals surface area contributed by atoms with Gasteiger partial charge in [-0.3, -0.25) is 4.40 Å². The smallest absolute Gasteiger partial charge is 0.161 e. The van der Waals surface area contributed by atoms with E-state index >= 15 is 0 Å². The highest BCUT2D eigenvalue weighted by molar-refractivity contribution is 5.41. The number of nitrogens with zero attached hydrogens (tertiary/aromatic N) is 4. The number of pyridine rings is 1. The average Bonchev–Trinajstić information content (AvgIpc) is 2.90. The van der Waals surface area contributed by atoms with E-state index in [0.717, 1.165) is 30.0 Å². The zero-order valence-corrected chi connectivity index (χ0v) is 12.1. The van der Waals surface area contributed by atoms with Crippen molar-refractivity contribution in [3.63, 3.8) is 0 Å². The predicted octanol–water partition coefficient (Wildman–Crippen LogP) is 1.60. The number of rotatable bonds is 4. The minimum absolute atomic E-state index is 0.547. The van der Waals surface area contributed by atoms with Crippen LogP contribution in [0.25, 0.3) is 5.65 Å². The molecule has 1 aliphatic heterocycles. The summed E-state index contributed by atoms with van der Waals surface area (Å²) < 4.78 is 2.10. The van der Waals surface area contributed by atoms with Gasteiger partial charge in [0.1, 0.15) is 5.82 Å². The Bertz CT molecular complexity index is 577. The molecule has 1 fully saturated rings. The standard InChI is InChI=1S/C15H23N5/c1-2-19-7-4-3-5-13(19)10-15-18-17-14-9-12(11-16)6-8-20(14)15/h6,8-9,13H,2-5,7,10-11,16H2,1H3. The minimum atomic E-state index is 0.547. The second-order valence-corrected chi connectivity index (χ2v) is 5.57. The third kappa shape index (κ3) is 2.55. The SMILES string of the molecule is CCN1CCCCC1Cc1nnc2cc(CN)ccn12. The van der Waals surface area contributed by atoms with Gasteiger partial charge >= 0.3 is 0 Å². The Balaban J connectivity index is 1.83. The van der Waals surface area contributed by atoms with Crippen LogP contribution in [-0.2, 0) is 13.0 Å². The van der Waals surface area contributed by atoms with Crippen LogP contribution in [0.4, 0.5) is 0 Å². The summed E-state index contributed by atoms with van der Waals surface area (Å²) in [7, 11) is 0. The second kappa shape index (κ2) is 5.89. The van der Waals surface area contributed by atoms with Crippen LogP contribution in [0.1, 0.15) is 37.6 Å². The van der Waals surface area contributed by atoms with Gasteiger partial charge in [0.25, 0.3) is 0 Å². The van der Waals surface area contributed by atoms with Crippen molar-refractivity contribution in [3.8, 4) is 0 Å². The Hall–Kier alpha value is -1.46. The lowest BCUT2D eigenvalue weighted by Gasteiger charge is -2.34. The third-order valence-electron chi connectivity index (χ3n) is 4.35. The highest BCUT2D eigenvalue weighted by atomic mass is 15.3. The molecule has 3 rings (SSSR count). The first kappa shape index (κ1) is 13.5. The quantitative estimate of drug-likeness (QED) is 0.919. The first-order chi connectivity index (χ1) is 9.81. The number of nitrogens with two attached hydrogens (primary N) is 1. The molecule has 0 amide bonds. The van der Waals surface area contributed by atoms with Crippen molar-refractivity contribution >= 4 is 5.65 Å². The molecule has 3 heterocycles. The number of fused-ring (bicyclic) bond motifs is 1. The molecule has 5 nitrogen and oxygen atoms in total. The summed E-state index contributed by atoms with van der Waals surface area (Å²) in [4.78, 5) is 2.57. The van der Waals surface area contributed by atoms with E-state index in [-0.39, 0.29) is 0 Å². The van der Waals surface area contributed by atoms with Gasteiger partial charge in [-0.1, -0.05) is 13.3 Å². The summed E-state index contributed by atoms with van der Waals surface area (Å²) >= 11 is 0. The zero-order valence-electron chi connectivity index (χ0n) is 12.1. The first-order valence-corrected chi connectivity index (χ1v) is 7.58. The van der Waals surface area contributed by atoms with Gasteiger partial charge in [-0.25, -0.2) is 0 Å². The van der Waals surface area contributed by atoms with Gasteiger partial charge in [0.15, 0.2) is 5.65 Å². The van der Waals surface area contributed by atoms with E-state index in [1.165, 1.54) is 25.8 Å². The van der Waals surface area contributed by atoms with Crippen LogP contribution in [0.15, 0.2) is 18.3 Å². The molecular weight excluding hydrogens is 250 g/mol. The molecule has 2 aromatic heterocycles. The molecular formula is C15H23N5. The van der Waals surface area contributed by atoms with E-state index in [0.29, 0.717) is 12.6 Å². The highest BCUT2D eigenvalue weighted by Gasteiger charge is 2.23. The van der Waals surface area contributed by atoms with Gasteiger partial charge in [-0.2, -0.15) is 0 Å². The van der Waals surface area contributed by atoms with Crippen molar-refractivity contribution in [2.45, 2.75) is 45.2 Å². The van der Waals surface area contributed by atoms with Crippen LogP contribution in [-0.4, -0.2) is 38.6 Å². The lowest BCUT2D eigenvalue weighted by molar-refractivity contribution is 0.153. The van der Waals surface area contributed by atoms with Crippen LogP contribution in [0.5, 0.6) is 0 Å². The Morgan fingerprint density at radius 3 is 3.05 bits per heavy atom. The molecule has 0 bridgehead atoms. The fraction of sp³-hybridized carbons (Fsp3) is 0.600. The molecule has 2 N–H and O–H groups in total. The molecule has 2 aromatic rings. The summed E-state index contributed by atoms with van der Waals surface area (Å²) in [5.74, 6) is 1.06. The zero-order chi connectivity index (χ0) is 13.9. The van der Waals surface area contributed by atoms with Gasteiger partial charge in [0.05, 0.1) is 0 Å². The molecule has 5 heteroatoms. The Labute approximate surface area is 119 Å². The van der Waals surface area contributed by atoms with Crippen molar-refractivity contribution in [2.75, 3.05) is 13.1 Å². The third-order valence-corrected chi connectivity index (χ3v) is 4.35. The summed E-state index contributed by atoms with van der Waals surface area (Å²) in [5.41, 5.74) is 7.67. The summed E-state index contributed by atoms with van der Waals surface area (Å²) in [6, 6.07) is 4.68. The molecule has 0 spiro atoms. The van der Waals surface area contributed by atoms with Gasteiger partial charge in [0.2, 0.25) is 0 Å². The topological polar surface area (TPSA) is 59.5 Å². The molecule has 1 atom stereocenters. The number of aromatic nitrogens is 3. The minimum Gasteiger partial charge on any atom is -0.326 e. The molecule has 0 saturated carbocycles. The van der Waals surface area contributed by atoms with Crippen molar-refractivity contribution in [3.05, 3.63) is 29.7 Å². The van der Waals surface area contributed by atoms with Crippen LogP contribution < -0.4 is 5.73 Å². The van der Waals surface area contributed by atoms with Crippen LogP contribution in [0.3, 0.4) is 0 Å². The van der Waals surface area contributed by atoms with E-state index in [1.54, 1.807) is 0 Å². The molecule has 0 aromatic carbocycles. The number of likely N-dealkylation sites (N-methyl/N-ethyl adjacent to an activating group) is 1. The predicted molar refractivity (Wildman–Crippen MR) is 79.5 cm³/mol. The lowest BCUT2D eigenvalue weighted by atomic mass is 9.99. The second-order valence-electron chi connectivity index (χ2n) is 5.57. The summed E-state index contributed by atoms with van der Waals surface area (Å²) in [5, 5.41) is 8.66. The Kier molecular flexibility index (Phi) is 3.98. The monoisotopic (exact) mass is 273 g/mol. The van der Waals surface area contributed by atoms with Crippen molar-refractivity contribution in [1.82, 2.24) is 19.5 Å². The maximum Gasteiger partial charge on any atom is 0.161 e. The number of hydrogen-bond donors (Lipinski definition) is 1. The van der Waals surface area contributed by atoms with E-state index in [4.69, 9.17) is 5.73 Å². The molecule has 1 saturated heterocycles. The molecule has 0 aliphatic carbocycles. The van der Waals surface area contributed by atoms with E-state index < -0.39 is 0 Å². The molecule has 0 radical (unpaired) electrons. The van der Waals surface area contributed by atoms with E-state index in [2.05, 4.69) is 32.5 Å². The van der Waals surface area contributed by atoms with Gasteiger partial charge < -0.3 is 10.6 Å². The largest absolute Gasteiger partial charge is 0.326 e.